The van der Waals surface area contributed by atoms with E-state index in [-0.39, 0.29) is 19.0 Å². The number of sulfonamides is 1. The molecule has 1 saturated heterocycles. The molecule has 1 aliphatic heterocycles. The maximum absolute atomic E-state index is 12.6. The van der Waals surface area contributed by atoms with Crippen molar-refractivity contribution >= 4 is 16.0 Å². The van der Waals surface area contributed by atoms with Gasteiger partial charge in [-0.05, 0) is 37.3 Å². The Hall–Kier alpha value is -1.88. The lowest BCUT2D eigenvalue weighted by atomic mass is 9.98. The molecule has 1 fully saturated rings. The van der Waals surface area contributed by atoms with Crippen LogP contribution in [0.3, 0.4) is 0 Å². The number of nitrogens with one attached hydrogen (secondary N) is 2. The molecule has 1 aromatic rings. The molecule has 2 N–H and O–H groups in total. The van der Waals surface area contributed by atoms with Crippen molar-refractivity contribution in [1.29, 1.82) is 0 Å². The second kappa shape index (κ2) is 8.87. The fourth-order valence-corrected chi connectivity index (χ4v) is 3.82. The normalized spacial score (nSPS) is 17.7. The fourth-order valence-electron chi connectivity index (χ4n) is 2.83. The number of hydrogen-bond donors (Lipinski definition) is 2. The second-order valence-electron chi connectivity index (χ2n) is 6.37. The Bertz CT molecular complexity index is 760. The van der Waals surface area contributed by atoms with E-state index in [0.29, 0.717) is 36.2 Å². The number of aliphatic imine (C=N–C) groups is 1. The van der Waals surface area contributed by atoms with E-state index in [1.165, 1.54) is 0 Å². The topological polar surface area (TPSA) is 86.7 Å². The lowest BCUT2D eigenvalue weighted by Gasteiger charge is -2.31. The zero-order valence-electron chi connectivity index (χ0n) is 15.3. The highest BCUT2D eigenvalue weighted by molar-refractivity contribution is 7.90. The number of pyridine rings is 1. The van der Waals surface area contributed by atoms with Gasteiger partial charge >= 0.3 is 15.5 Å². The van der Waals surface area contributed by atoms with Crippen LogP contribution in [0.5, 0.6) is 0 Å². The second-order valence-corrected chi connectivity index (χ2v) is 8.30. The number of alkyl halides is 3. The predicted octanol–water partition coefficient (Wildman–Crippen LogP) is 1.62. The molecular formula is C16H24F3N5O2S. The van der Waals surface area contributed by atoms with Gasteiger partial charge in [-0.3, -0.25) is 9.98 Å². The Kier molecular flexibility index (Phi) is 7.04. The minimum absolute atomic E-state index is 0.0693. The minimum atomic E-state index is -5.24. The average Bonchev–Trinajstić information content (AvgIpc) is 2.62. The van der Waals surface area contributed by atoms with Crippen molar-refractivity contribution in [2.75, 3.05) is 26.7 Å². The molecule has 0 saturated carbocycles. The van der Waals surface area contributed by atoms with Gasteiger partial charge < -0.3 is 10.6 Å². The van der Waals surface area contributed by atoms with Gasteiger partial charge in [-0.2, -0.15) is 17.5 Å². The molecule has 7 nitrogen and oxygen atoms in total. The van der Waals surface area contributed by atoms with Crippen LogP contribution in [0.2, 0.25) is 0 Å². The first-order valence-corrected chi connectivity index (χ1v) is 10.0. The summed E-state index contributed by atoms with van der Waals surface area (Å²) in [6.07, 6.45) is 2.43. The highest BCUT2D eigenvalue weighted by atomic mass is 32.2. The van der Waals surface area contributed by atoms with Crippen LogP contribution in [0, 0.1) is 12.8 Å². The Morgan fingerprint density at radius 3 is 2.56 bits per heavy atom. The highest BCUT2D eigenvalue weighted by Crippen LogP contribution is 2.30. The van der Waals surface area contributed by atoms with E-state index >= 15 is 0 Å². The van der Waals surface area contributed by atoms with Gasteiger partial charge in [0, 0.05) is 32.9 Å². The summed E-state index contributed by atoms with van der Waals surface area (Å²) >= 11 is 0. The molecule has 0 atom stereocenters. The van der Waals surface area contributed by atoms with Crippen LogP contribution in [-0.4, -0.2) is 55.9 Å². The molecule has 1 aliphatic rings. The number of rotatable bonds is 5. The maximum atomic E-state index is 12.6. The standard InChI is InChI=1S/C16H24F3N5O2S/c1-12-4-3-7-21-14(12)11-23-15(20-2)22-10-13-5-8-24(9-6-13)27(25,26)16(17,18)19/h3-4,7,13H,5-6,8-11H2,1-2H3,(H2,20,22,23). The average molecular weight is 407 g/mol. The van der Waals surface area contributed by atoms with Crippen molar-refractivity contribution in [2.45, 2.75) is 31.8 Å². The third-order valence-electron chi connectivity index (χ3n) is 4.53. The van der Waals surface area contributed by atoms with E-state index in [9.17, 15) is 21.6 Å². The van der Waals surface area contributed by atoms with Gasteiger partial charge in [-0.15, -0.1) is 0 Å². The summed E-state index contributed by atoms with van der Waals surface area (Å²) in [7, 11) is -3.61. The number of aromatic nitrogens is 1. The largest absolute Gasteiger partial charge is 0.511 e. The summed E-state index contributed by atoms with van der Waals surface area (Å²) in [5.74, 6) is 0.630. The van der Waals surface area contributed by atoms with Gasteiger partial charge in [-0.25, -0.2) is 8.42 Å². The van der Waals surface area contributed by atoms with Crippen molar-refractivity contribution in [3.8, 4) is 0 Å². The van der Waals surface area contributed by atoms with E-state index in [0.717, 1.165) is 11.3 Å². The predicted molar refractivity (Wildman–Crippen MR) is 96.4 cm³/mol. The summed E-state index contributed by atoms with van der Waals surface area (Å²) < 4.78 is 61.2. The van der Waals surface area contributed by atoms with E-state index in [4.69, 9.17) is 0 Å². The number of guanidine groups is 1. The van der Waals surface area contributed by atoms with Crippen LogP contribution in [-0.2, 0) is 16.6 Å². The third-order valence-corrected chi connectivity index (χ3v) is 6.16. The smallest absolute Gasteiger partial charge is 0.356 e. The van der Waals surface area contributed by atoms with E-state index in [2.05, 4.69) is 20.6 Å². The lowest BCUT2D eigenvalue weighted by Crippen LogP contribution is -2.47. The van der Waals surface area contributed by atoms with Gasteiger partial charge in [0.15, 0.2) is 5.96 Å². The van der Waals surface area contributed by atoms with E-state index < -0.39 is 15.5 Å². The number of hydrogen-bond acceptors (Lipinski definition) is 4. The highest BCUT2D eigenvalue weighted by Gasteiger charge is 2.50. The number of halogens is 3. The molecule has 0 bridgehead atoms. The molecule has 11 heteroatoms. The molecule has 2 rings (SSSR count). The lowest BCUT2D eigenvalue weighted by molar-refractivity contribution is -0.0496. The molecule has 0 aromatic carbocycles. The van der Waals surface area contributed by atoms with Gasteiger partial charge in [0.2, 0.25) is 0 Å². The molecular weight excluding hydrogens is 383 g/mol. The summed E-state index contributed by atoms with van der Waals surface area (Å²) in [6, 6.07) is 3.82. The van der Waals surface area contributed by atoms with Gasteiger partial charge in [0.25, 0.3) is 0 Å². The van der Waals surface area contributed by atoms with Crippen molar-refractivity contribution in [3.63, 3.8) is 0 Å². The van der Waals surface area contributed by atoms with Crippen molar-refractivity contribution in [2.24, 2.45) is 10.9 Å². The quantitative estimate of drug-likeness (QED) is 0.572. The Morgan fingerprint density at radius 2 is 2.00 bits per heavy atom. The molecule has 27 heavy (non-hydrogen) atoms. The first-order chi connectivity index (χ1) is 12.6. The zero-order chi connectivity index (χ0) is 20.1. The fraction of sp³-hybridized carbons (Fsp3) is 0.625. The van der Waals surface area contributed by atoms with Crippen LogP contribution in [0.1, 0.15) is 24.1 Å². The van der Waals surface area contributed by atoms with Crippen LogP contribution in [0.4, 0.5) is 13.2 Å². The molecule has 1 aromatic heterocycles. The number of piperidine rings is 1. The summed E-state index contributed by atoms with van der Waals surface area (Å²) in [5.41, 5.74) is -3.29. The molecule has 0 amide bonds. The van der Waals surface area contributed by atoms with Crippen molar-refractivity contribution in [1.82, 2.24) is 19.9 Å². The van der Waals surface area contributed by atoms with Crippen LogP contribution in [0.15, 0.2) is 23.3 Å². The molecule has 152 valence electrons. The van der Waals surface area contributed by atoms with Gasteiger partial charge in [0.05, 0.1) is 12.2 Å². The Morgan fingerprint density at radius 1 is 1.33 bits per heavy atom. The molecule has 0 aliphatic carbocycles. The first kappa shape index (κ1) is 21.4. The number of aryl methyl sites for hydroxylation is 1. The molecule has 0 radical (unpaired) electrons. The zero-order valence-corrected chi connectivity index (χ0v) is 16.1. The molecule has 0 spiro atoms. The van der Waals surface area contributed by atoms with E-state index in [1.54, 1.807) is 13.2 Å². The van der Waals surface area contributed by atoms with Crippen molar-refractivity contribution < 1.29 is 21.6 Å². The SMILES string of the molecule is CN=C(NCc1ncccc1C)NCC1CCN(S(=O)(=O)C(F)(F)F)CC1. The van der Waals surface area contributed by atoms with Crippen LogP contribution >= 0.6 is 0 Å². The Balaban J connectivity index is 1.79. The summed E-state index contributed by atoms with van der Waals surface area (Å²) in [6.45, 7) is 2.69. The Labute approximate surface area is 157 Å². The van der Waals surface area contributed by atoms with E-state index in [1.807, 2.05) is 19.1 Å². The number of nitrogens with zero attached hydrogens (tertiary/aromatic N) is 3. The van der Waals surface area contributed by atoms with Gasteiger partial charge in [-0.1, -0.05) is 6.07 Å². The van der Waals surface area contributed by atoms with Gasteiger partial charge in [0.1, 0.15) is 0 Å². The summed E-state index contributed by atoms with van der Waals surface area (Å²) in [5, 5.41) is 6.27. The molecule has 0 unspecified atom stereocenters. The van der Waals surface area contributed by atoms with Crippen LogP contribution in [0.25, 0.3) is 0 Å². The monoisotopic (exact) mass is 407 g/mol. The molecule has 2 heterocycles. The maximum Gasteiger partial charge on any atom is 0.511 e. The summed E-state index contributed by atoms with van der Waals surface area (Å²) in [4.78, 5) is 8.40. The van der Waals surface area contributed by atoms with Crippen LogP contribution < -0.4 is 10.6 Å². The first-order valence-electron chi connectivity index (χ1n) is 8.56. The minimum Gasteiger partial charge on any atom is -0.356 e. The van der Waals surface area contributed by atoms with Crippen molar-refractivity contribution in [3.05, 3.63) is 29.6 Å². The third kappa shape index (κ3) is 5.55.